The smallest absolute Gasteiger partial charge is 5.00 e. The van der Waals surface area contributed by atoms with Gasteiger partial charge in [0.15, 0.2) is 0 Å². The van der Waals surface area contributed by atoms with Crippen molar-refractivity contribution in [2.45, 2.75) is 0 Å². The van der Waals surface area contributed by atoms with E-state index in [1.54, 1.807) is 0 Å². The normalized spacial score (nSPS) is 10.7. The summed E-state index contributed by atoms with van der Waals surface area (Å²) in [6.07, 6.45) is 0. The van der Waals surface area contributed by atoms with Crippen LogP contribution in [0.2, 0.25) is 0 Å². The Bertz CT molecular complexity index is 619. The van der Waals surface area contributed by atoms with Crippen LogP contribution in [0.25, 0.3) is 0 Å². The summed E-state index contributed by atoms with van der Waals surface area (Å²) >= 11 is -30.8. The zero-order valence-electron chi connectivity index (χ0n) is 11.1. The van der Waals surface area contributed by atoms with E-state index < -0.39 is 83.7 Å². The molecule has 0 heterocycles. The van der Waals surface area contributed by atoms with Crippen LogP contribution in [-0.4, -0.2) is 0 Å². The van der Waals surface area contributed by atoms with Crippen molar-refractivity contribution in [2.24, 2.45) is 0 Å². The van der Waals surface area contributed by atoms with Gasteiger partial charge in [0.1, 0.15) is 0 Å². The Morgan fingerprint density at radius 3 is 0.259 bits per heavy atom. The summed E-state index contributed by atoms with van der Waals surface area (Å²) in [7, 11) is 0. The molecule has 0 aromatic heterocycles. The van der Waals surface area contributed by atoms with Crippen molar-refractivity contribution in [3.63, 3.8) is 0 Å². The van der Waals surface area contributed by atoms with Gasteiger partial charge in [-0.25, -0.2) is 0 Å². The first-order valence-electron chi connectivity index (χ1n) is 3.33. The molecule has 0 bridgehead atoms. The van der Waals surface area contributed by atoms with E-state index in [1.807, 2.05) is 0 Å². The molecule has 0 spiro atoms. The molecule has 0 saturated heterocycles. The SMILES string of the molecule is [O]=[W](=[O])([O-])[O-].[O]=[W](=[O])([O-])[O-].[O]=[W](=[O])([O-])[O-].[O]=[W](=[O])([O-])[O-].[O]=[W](=[O])([O-])[O-].[Ta+5].[Ta+5]. The Labute approximate surface area is 197 Å². The Balaban J connectivity index is -0.0000000364. The van der Waals surface area contributed by atoms with E-state index in [4.69, 9.17) is 71.6 Å². The predicted octanol–water partition coefficient (Wildman–Crippen LogP) is -13.1. The molecule has 0 N–H and O–H groups in total. The third-order valence-electron chi connectivity index (χ3n) is 0. The maximum Gasteiger partial charge on any atom is 5.00 e. The van der Waals surface area contributed by atoms with Gasteiger partial charge in [0.25, 0.3) is 0 Å². The summed E-state index contributed by atoms with van der Waals surface area (Å²) in [6.45, 7) is 0. The number of hydrogen-bond donors (Lipinski definition) is 0. The fourth-order valence-electron chi connectivity index (χ4n) is 0. The van der Waals surface area contributed by atoms with Crippen LogP contribution in [-0.2, 0) is 162 Å². The summed E-state index contributed by atoms with van der Waals surface area (Å²) in [5.41, 5.74) is 0. The molecule has 0 saturated carbocycles. The summed E-state index contributed by atoms with van der Waals surface area (Å²) in [5, 5.41) is 0. The van der Waals surface area contributed by atoms with E-state index in [9.17, 15) is 0 Å². The molecule has 0 aliphatic carbocycles. The number of rotatable bonds is 0. The third-order valence-corrected chi connectivity index (χ3v) is 0. The largest absolute Gasteiger partial charge is 5.00 e. The van der Waals surface area contributed by atoms with Crippen LogP contribution >= 0.6 is 0 Å². The van der Waals surface area contributed by atoms with E-state index in [1.165, 1.54) is 0 Å². The molecule has 160 valence electrons. The first kappa shape index (κ1) is 47.3. The van der Waals surface area contributed by atoms with Crippen molar-refractivity contribution in [1.82, 2.24) is 0 Å². The zero-order chi connectivity index (χ0) is 22.5. The molecule has 0 aliphatic heterocycles. The van der Waals surface area contributed by atoms with E-state index in [0.29, 0.717) is 0 Å². The van der Waals surface area contributed by atoms with Crippen molar-refractivity contribution in [3.8, 4) is 0 Å². The van der Waals surface area contributed by atoms with Crippen LogP contribution in [0.15, 0.2) is 0 Å². The van der Waals surface area contributed by atoms with Crippen LogP contribution in [0, 0.1) is 0 Å². The summed E-state index contributed by atoms with van der Waals surface area (Å²) in [6, 6.07) is 0. The average Bonchev–Trinajstić information content (AvgIpc) is 1.79. The molecular formula is O20Ta2W5. The Hall–Kier alpha value is 2.52. The fourth-order valence-corrected chi connectivity index (χ4v) is 0. The minimum absolute atomic E-state index is 0. The molecular weight excluding hydrogens is 1600 g/mol. The van der Waals surface area contributed by atoms with Gasteiger partial charge in [0.2, 0.25) is 0 Å². The predicted molar refractivity (Wildman–Crippen MR) is 6.86 cm³/mol. The van der Waals surface area contributed by atoms with Gasteiger partial charge in [-0.05, 0) is 0 Å². The van der Waals surface area contributed by atoms with E-state index in [-0.39, 0.29) is 44.8 Å². The summed E-state index contributed by atoms with van der Waals surface area (Å²) in [4.78, 5) is 0. The third kappa shape index (κ3) is 3150. The standard InChI is InChI=1S/20O.2Ta.5W/q;;;;;;;;;;10*-1;2*+5;;;;;. The van der Waals surface area contributed by atoms with E-state index in [0.717, 1.165) is 0 Å². The molecule has 0 atom stereocenters. The first-order valence-corrected chi connectivity index (χ1v) is 27.3. The van der Waals surface area contributed by atoms with Crippen molar-refractivity contribution in [3.05, 3.63) is 0 Å². The second kappa shape index (κ2) is 20.4. The van der Waals surface area contributed by atoms with Crippen LogP contribution < -0.4 is 37.6 Å². The topological polar surface area (TPSA) is 401 Å². The van der Waals surface area contributed by atoms with Gasteiger partial charge in [-0.3, -0.25) is 0 Å². The van der Waals surface area contributed by atoms with Gasteiger partial charge >= 0.3 is 200 Å². The van der Waals surface area contributed by atoms with Crippen LogP contribution in [0.4, 0.5) is 0 Å². The first-order chi connectivity index (χ1) is 10.0. The molecule has 0 aromatic carbocycles. The zero-order valence-corrected chi connectivity index (χ0v) is 32.2. The molecule has 0 aliphatic rings. The molecule has 0 unspecified atom stereocenters. The molecule has 27 heteroatoms. The van der Waals surface area contributed by atoms with Gasteiger partial charge in [-0.1, -0.05) is 0 Å². The molecule has 0 fully saturated rings. The minimum atomic E-state index is -6.17. The molecule has 20 nitrogen and oxygen atoms in total. The van der Waals surface area contributed by atoms with Gasteiger partial charge in [-0.2, -0.15) is 0 Å². The van der Waals surface area contributed by atoms with E-state index >= 15 is 0 Å². The quantitative estimate of drug-likeness (QED) is 0.217. The van der Waals surface area contributed by atoms with Gasteiger partial charge < -0.3 is 0 Å². The van der Waals surface area contributed by atoms with Gasteiger partial charge in [0.05, 0.1) is 0 Å². The maximum atomic E-state index is 8.65. The van der Waals surface area contributed by atoms with E-state index in [2.05, 4.69) is 0 Å². The summed E-state index contributed by atoms with van der Waals surface area (Å²) in [5.74, 6) is 0. The monoisotopic (exact) mass is 1600 g/mol. The molecule has 27 heavy (non-hydrogen) atoms. The fraction of sp³-hybridized carbons (Fsp3) is 0. The van der Waals surface area contributed by atoms with Crippen molar-refractivity contribution < 1.29 is 200 Å². The molecule has 0 rings (SSSR count). The van der Waals surface area contributed by atoms with Crippen LogP contribution in [0.1, 0.15) is 0 Å². The van der Waals surface area contributed by atoms with Crippen molar-refractivity contribution in [1.29, 1.82) is 0 Å². The molecule has 0 radical (unpaired) electrons. The molecule has 0 aromatic rings. The number of hydrogen-bond acceptors (Lipinski definition) is 20. The Kier molecular flexibility index (Phi) is 35.8. The average molecular weight is 1600 g/mol. The van der Waals surface area contributed by atoms with Crippen LogP contribution in [0.3, 0.4) is 0 Å². The second-order valence-electron chi connectivity index (χ2n) is 2.04. The maximum absolute atomic E-state index is 8.65. The van der Waals surface area contributed by atoms with Crippen molar-refractivity contribution in [2.75, 3.05) is 0 Å². The van der Waals surface area contributed by atoms with Gasteiger partial charge in [-0.15, -0.1) is 0 Å². The Morgan fingerprint density at radius 2 is 0.259 bits per heavy atom. The summed E-state index contributed by atoms with van der Waals surface area (Å²) < 4.78 is 173. The van der Waals surface area contributed by atoms with Crippen LogP contribution in [0.5, 0.6) is 0 Å². The minimum Gasteiger partial charge on any atom is 5.00 e. The second-order valence-corrected chi connectivity index (χ2v) is 16.7. The van der Waals surface area contributed by atoms with Crippen molar-refractivity contribution >= 4 is 0 Å². The molecule has 0 amide bonds. The van der Waals surface area contributed by atoms with Gasteiger partial charge in [0, 0.05) is 0 Å². The Morgan fingerprint density at radius 1 is 0.259 bits per heavy atom.